The molecule has 0 fully saturated rings. The van der Waals surface area contributed by atoms with Crippen LogP contribution >= 0.6 is 9.39 Å². The minimum Gasteiger partial charge on any atom is -0.481 e. The van der Waals surface area contributed by atoms with E-state index in [0.717, 1.165) is 17.5 Å². The molecule has 0 amide bonds. The lowest BCUT2D eigenvalue weighted by Crippen LogP contribution is -2.37. The molecule has 3 atom stereocenters. The van der Waals surface area contributed by atoms with Crippen LogP contribution in [0.1, 0.15) is 25.3 Å². The summed E-state index contributed by atoms with van der Waals surface area (Å²) in [6, 6.07) is 18.5. The maximum Gasteiger partial charge on any atom is 0.309 e. The fourth-order valence-electron chi connectivity index (χ4n) is 3.03. The Morgan fingerprint density at radius 2 is 1.72 bits per heavy atom. The number of rotatable bonds is 9. The molecule has 2 rings (SSSR count). The van der Waals surface area contributed by atoms with Crippen LogP contribution in [0.4, 0.5) is 0 Å². The van der Waals surface area contributed by atoms with Crippen LogP contribution < -0.4 is 5.09 Å². The molecule has 0 saturated carbocycles. The second-order valence-electron chi connectivity index (χ2n) is 6.67. The summed E-state index contributed by atoms with van der Waals surface area (Å²) in [5.74, 6) is -0.869. The van der Waals surface area contributed by atoms with Crippen LogP contribution in [0.3, 0.4) is 0 Å². The zero-order valence-electron chi connectivity index (χ0n) is 14.5. The highest BCUT2D eigenvalue weighted by Gasteiger charge is 2.34. The van der Waals surface area contributed by atoms with Gasteiger partial charge in [0.2, 0.25) is 0 Å². The van der Waals surface area contributed by atoms with E-state index in [4.69, 9.17) is 0 Å². The Bertz CT molecular complexity index is 675. The van der Waals surface area contributed by atoms with Gasteiger partial charge in [-0.05, 0) is 42.9 Å². The van der Waals surface area contributed by atoms with Crippen molar-refractivity contribution in [3.8, 4) is 11.1 Å². The minimum absolute atomic E-state index is 0.000209. The fraction of sp³-hybridized carbons (Fsp3) is 0.350. The zero-order chi connectivity index (χ0) is 18.3. The molecule has 25 heavy (non-hydrogen) atoms. The average Bonchev–Trinajstić information content (AvgIpc) is 2.62. The van der Waals surface area contributed by atoms with Gasteiger partial charge in [0, 0.05) is 12.6 Å². The van der Waals surface area contributed by atoms with Crippen molar-refractivity contribution in [2.45, 2.75) is 32.2 Å². The zero-order valence-corrected chi connectivity index (χ0v) is 15.6. The van der Waals surface area contributed by atoms with E-state index in [2.05, 4.69) is 50.9 Å². The Morgan fingerprint density at radius 1 is 1.12 bits per heavy atom. The van der Waals surface area contributed by atoms with Crippen molar-refractivity contribution in [3.05, 3.63) is 60.2 Å². The minimum atomic E-state index is -0.938. The predicted molar refractivity (Wildman–Crippen MR) is 104 cm³/mol. The topological polar surface area (TPSA) is 69.6 Å². The summed E-state index contributed by atoms with van der Waals surface area (Å²) >= 11 is 0. The van der Waals surface area contributed by atoms with Crippen LogP contribution in [0.2, 0.25) is 0 Å². The number of nitrogens with one attached hydrogen (secondary N) is 1. The van der Waals surface area contributed by atoms with E-state index in [1.807, 2.05) is 18.2 Å². The molecule has 0 spiro atoms. The molecule has 0 aliphatic heterocycles. The maximum atomic E-state index is 11.6. The number of aliphatic hydroxyl groups is 1. The van der Waals surface area contributed by atoms with Gasteiger partial charge in [0.05, 0.1) is 5.41 Å². The van der Waals surface area contributed by atoms with Gasteiger partial charge in [-0.25, -0.2) is 0 Å². The number of hydrogen-bond donors (Lipinski definition) is 3. The normalized spacial score (nSPS) is 14.7. The molecule has 2 aromatic carbocycles. The van der Waals surface area contributed by atoms with Crippen molar-refractivity contribution in [3.63, 3.8) is 0 Å². The summed E-state index contributed by atoms with van der Waals surface area (Å²) in [4.78, 5) is 11.6. The van der Waals surface area contributed by atoms with Gasteiger partial charge >= 0.3 is 5.97 Å². The summed E-state index contributed by atoms with van der Waals surface area (Å²) in [6.45, 7) is 1.57. The number of hydrogen-bond acceptors (Lipinski definition) is 3. The number of benzene rings is 2. The lowest BCUT2D eigenvalue weighted by atomic mass is 9.79. The molecule has 2 aromatic rings. The molecule has 134 valence electrons. The number of carboxylic acid groups (broad SMARTS) is 1. The average molecular weight is 359 g/mol. The van der Waals surface area contributed by atoms with E-state index >= 15 is 0 Å². The lowest BCUT2D eigenvalue weighted by molar-refractivity contribution is -0.149. The predicted octanol–water partition coefficient (Wildman–Crippen LogP) is 3.51. The molecular weight excluding hydrogens is 333 g/mol. The van der Waals surface area contributed by atoms with Crippen LogP contribution in [-0.2, 0) is 11.2 Å². The van der Waals surface area contributed by atoms with Gasteiger partial charge in [-0.3, -0.25) is 9.88 Å². The highest BCUT2D eigenvalue weighted by atomic mass is 31.0. The van der Waals surface area contributed by atoms with Crippen molar-refractivity contribution >= 4 is 15.4 Å². The molecule has 2 unspecified atom stereocenters. The summed E-state index contributed by atoms with van der Waals surface area (Å²) in [5, 5.41) is 21.8. The fourth-order valence-corrected chi connectivity index (χ4v) is 3.26. The third-order valence-corrected chi connectivity index (χ3v) is 5.13. The van der Waals surface area contributed by atoms with E-state index in [1.165, 1.54) is 5.56 Å². The monoisotopic (exact) mass is 359 g/mol. The Kier molecular flexibility index (Phi) is 7.12. The van der Waals surface area contributed by atoms with Crippen molar-refractivity contribution in [1.82, 2.24) is 5.09 Å². The van der Waals surface area contributed by atoms with Crippen LogP contribution in [0.25, 0.3) is 11.1 Å². The van der Waals surface area contributed by atoms with E-state index < -0.39 is 11.4 Å². The second kappa shape index (κ2) is 9.10. The van der Waals surface area contributed by atoms with Gasteiger partial charge in [-0.2, -0.15) is 0 Å². The first-order chi connectivity index (χ1) is 12.0. The number of aliphatic hydroxyl groups excluding tert-OH is 1. The lowest BCUT2D eigenvalue weighted by Gasteiger charge is -2.29. The van der Waals surface area contributed by atoms with E-state index in [9.17, 15) is 15.0 Å². The first-order valence-corrected chi connectivity index (χ1v) is 9.01. The first kappa shape index (κ1) is 19.6. The number of carboxylic acids is 1. The van der Waals surface area contributed by atoms with Crippen molar-refractivity contribution in [1.29, 1.82) is 0 Å². The largest absolute Gasteiger partial charge is 0.481 e. The number of aliphatic carboxylic acids is 1. The molecule has 5 heteroatoms. The van der Waals surface area contributed by atoms with Gasteiger partial charge in [-0.15, -0.1) is 0 Å². The number of carbonyl (C=O) groups is 1. The molecule has 0 radical (unpaired) electrons. The Labute approximate surface area is 151 Å². The molecule has 0 saturated heterocycles. The van der Waals surface area contributed by atoms with Crippen molar-refractivity contribution in [2.24, 2.45) is 5.41 Å². The van der Waals surface area contributed by atoms with Crippen LogP contribution in [0.5, 0.6) is 0 Å². The highest BCUT2D eigenvalue weighted by molar-refractivity contribution is 7.13. The third kappa shape index (κ3) is 5.37. The van der Waals surface area contributed by atoms with Crippen molar-refractivity contribution < 1.29 is 15.0 Å². The first-order valence-electron chi connectivity index (χ1n) is 8.43. The quantitative estimate of drug-likeness (QED) is 0.599. The second-order valence-corrected chi connectivity index (χ2v) is 7.01. The summed E-state index contributed by atoms with van der Waals surface area (Å²) < 4.78 is 0. The van der Waals surface area contributed by atoms with Gasteiger partial charge in [0.15, 0.2) is 0 Å². The van der Waals surface area contributed by atoms with E-state index in [1.54, 1.807) is 6.92 Å². The standard InChI is InChI=1S/C20H26NO3P/c1-20(11-12-22,19(23)24)14-18(21-25)13-15-7-9-17(10-8-15)16-5-3-2-4-6-16/h2-10,18,21-22H,11-14,25H2,1H3,(H,23,24)/t18-,20?/m1/s1. The van der Waals surface area contributed by atoms with Gasteiger partial charge in [0.1, 0.15) is 0 Å². The molecule has 0 aliphatic rings. The maximum absolute atomic E-state index is 11.6. The Hall–Kier alpha value is -1.74. The van der Waals surface area contributed by atoms with Crippen LogP contribution in [0, 0.1) is 5.41 Å². The van der Waals surface area contributed by atoms with Gasteiger partial charge < -0.3 is 10.2 Å². The summed E-state index contributed by atoms with van der Waals surface area (Å²) in [6.07, 6.45) is 1.43. The Morgan fingerprint density at radius 3 is 2.24 bits per heavy atom. The van der Waals surface area contributed by atoms with Crippen molar-refractivity contribution in [2.75, 3.05) is 6.61 Å². The summed E-state index contributed by atoms with van der Waals surface area (Å²) in [7, 11) is 2.48. The van der Waals surface area contributed by atoms with E-state index in [0.29, 0.717) is 6.42 Å². The van der Waals surface area contributed by atoms with E-state index in [-0.39, 0.29) is 19.1 Å². The molecule has 4 nitrogen and oxygen atoms in total. The Balaban J connectivity index is 2.07. The third-order valence-electron chi connectivity index (χ3n) is 4.66. The molecule has 3 N–H and O–H groups in total. The molecule has 0 aromatic heterocycles. The van der Waals surface area contributed by atoms with Crippen LogP contribution in [-0.4, -0.2) is 28.8 Å². The van der Waals surface area contributed by atoms with Gasteiger partial charge in [-0.1, -0.05) is 64.0 Å². The highest BCUT2D eigenvalue weighted by Crippen LogP contribution is 2.29. The van der Waals surface area contributed by atoms with Crippen LogP contribution in [0.15, 0.2) is 54.6 Å². The SMILES string of the molecule is CC(CCO)(C[C@@H](Cc1ccc(-c2ccccc2)cc1)NP)C(=O)O. The molecule has 0 bridgehead atoms. The molecular formula is C20H26NO3P. The van der Waals surface area contributed by atoms with Gasteiger partial charge in [0.25, 0.3) is 0 Å². The summed E-state index contributed by atoms with van der Waals surface area (Å²) in [5.41, 5.74) is 2.55. The molecule has 0 heterocycles. The smallest absolute Gasteiger partial charge is 0.309 e. The molecule has 0 aliphatic carbocycles.